The zero-order valence-electron chi connectivity index (χ0n) is 16.1. The highest BCUT2D eigenvalue weighted by atomic mass is 127. The van der Waals surface area contributed by atoms with Gasteiger partial charge in [-0.15, -0.1) is 0 Å². The van der Waals surface area contributed by atoms with Gasteiger partial charge >= 0.3 is 5.97 Å². The van der Waals surface area contributed by atoms with Crippen molar-refractivity contribution < 1.29 is 19.4 Å². The van der Waals surface area contributed by atoms with E-state index in [1.54, 1.807) is 24.4 Å². The van der Waals surface area contributed by atoms with Crippen LogP contribution in [0, 0.1) is 3.57 Å². The molecular weight excluding hydrogens is 505 g/mol. The molecule has 0 heterocycles. The smallest absolute Gasteiger partial charge is 0.335 e. The Morgan fingerprint density at radius 3 is 2.76 bits per heavy atom. The fourth-order valence-electron chi connectivity index (χ4n) is 2.38. The summed E-state index contributed by atoms with van der Waals surface area (Å²) in [7, 11) is 0. The zero-order chi connectivity index (χ0) is 21.2. The first-order valence-electron chi connectivity index (χ1n) is 8.92. The van der Waals surface area contributed by atoms with Crippen molar-refractivity contribution in [3.05, 3.63) is 56.7 Å². The number of nitrogens with zero attached hydrogens (tertiary/aromatic N) is 1. The second-order valence-electron chi connectivity index (χ2n) is 5.79. The van der Waals surface area contributed by atoms with Crippen molar-refractivity contribution in [2.24, 2.45) is 5.10 Å². The largest absolute Gasteiger partial charge is 0.490 e. The lowest BCUT2D eigenvalue weighted by atomic mass is 10.1. The predicted molar refractivity (Wildman–Crippen MR) is 125 cm³/mol. The minimum absolute atomic E-state index is 0.223. The maximum Gasteiger partial charge on any atom is 0.335 e. The van der Waals surface area contributed by atoms with Gasteiger partial charge in [0.15, 0.2) is 16.6 Å². The van der Waals surface area contributed by atoms with Gasteiger partial charge in [0.05, 0.1) is 22.0 Å². The molecule has 9 heteroatoms. The lowest BCUT2D eigenvalue weighted by molar-refractivity contribution is 0.0696. The molecule has 2 aromatic rings. The summed E-state index contributed by atoms with van der Waals surface area (Å²) in [5.74, 6) is 0.216. The summed E-state index contributed by atoms with van der Waals surface area (Å²) in [6.07, 6.45) is 1.65. The molecule has 0 saturated carbocycles. The summed E-state index contributed by atoms with van der Waals surface area (Å²) in [5.41, 5.74) is 4.55. The number of carboxylic acid groups (broad SMARTS) is 1. The van der Waals surface area contributed by atoms with Crippen molar-refractivity contribution in [3.8, 4) is 11.5 Å². The van der Waals surface area contributed by atoms with Crippen LogP contribution in [0.4, 0.5) is 0 Å². The van der Waals surface area contributed by atoms with Crippen LogP contribution >= 0.6 is 34.8 Å². The van der Waals surface area contributed by atoms with Crippen LogP contribution in [0.2, 0.25) is 0 Å². The standard InChI is InChI=1S/C20H22IN3O4S/c1-3-22-20(29)24-23-11-14-9-16(21)18(17(10-14)27-4-2)28-12-13-6-5-7-15(8-13)19(25)26/h5-11H,3-4,12H2,1-2H3,(H,25,26)(H2,22,24,29)/b23-11-. The maximum absolute atomic E-state index is 11.1. The first-order chi connectivity index (χ1) is 13.9. The Hall–Kier alpha value is -2.40. The van der Waals surface area contributed by atoms with Crippen LogP contribution in [0.1, 0.15) is 35.3 Å². The van der Waals surface area contributed by atoms with Crippen molar-refractivity contribution in [1.29, 1.82) is 0 Å². The van der Waals surface area contributed by atoms with E-state index in [0.29, 0.717) is 23.2 Å². The molecule has 2 rings (SSSR count). The topological polar surface area (TPSA) is 92.2 Å². The zero-order valence-corrected chi connectivity index (χ0v) is 19.0. The molecule has 0 aliphatic rings. The van der Waals surface area contributed by atoms with E-state index < -0.39 is 5.97 Å². The molecule has 154 valence electrons. The second kappa shape index (κ2) is 11.6. The Bertz CT molecular complexity index is 905. The number of nitrogens with one attached hydrogen (secondary N) is 2. The summed E-state index contributed by atoms with van der Waals surface area (Å²) in [6, 6.07) is 10.4. The summed E-state index contributed by atoms with van der Waals surface area (Å²) in [4.78, 5) is 11.1. The van der Waals surface area contributed by atoms with Gasteiger partial charge in [0.2, 0.25) is 0 Å². The number of hydrogen-bond donors (Lipinski definition) is 3. The van der Waals surface area contributed by atoms with Crippen molar-refractivity contribution in [2.75, 3.05) is 13.2 Å². The Kier molecular flexibility index (Phi) is 9.13. The van der Waals surface area contributed by atoms with Crippen LogP contribution in [-0.2, 0) is 6.61 Å². The Morgan fingerprint density at radius 2 is 2.07 bits per heavy atom. The normalized spacial score (nSPS) is 10.6. The van der Waals surface area contributed by atoms with E-state index in [0.717, 1.165) is 21.2 Å². The monoisotopic (exact) mass is 527 g/mol. The van der Waals surface area contributed by atoms with Gasteiger partial charge in [-0.2, -0.15) is 5.10 Å². The number of carbonyl (C=O) groups is 1. The number of thiocarbonyl (C=S) groups is 1. The average molecular weight is 527 g/mol. The number of halogens is 1. The van der Waals surface area contributed by atoms with Crippen LogP contribution in [0.5, 0.6) is 11.5 Å². The first kappa shape index (κ1) is 22.9. The molecule has 2 aromatic carbocycles. The summed E-state index contributed by atoms with van der Waals surface area (Å²) in [5, 5.41) is 16.6. The Morgan fingerprint density at radius 1 is 1.28 bits per heavy atom. The van der Waals surface area contributed by atoms with E-state index in [-0.39, 0.29) is 12.2 Å². The number of carboxylic acids is 1. The summed E-state index contributed by atoms with van der Waals surface area (Å²) in [6.45, 7) is 5.26. The third kappa shape index (κ3) is 7.17. The molecule has 0 amide bonds. The fourth-order valence-corrected chi connectivity index (χ4v) is 3.36. The molecule has 0 radical (unpaired) electrons. The molecule has 7 nitrogen and oxygen atoms in total. The number of aromatic carboxylic acids is 1. The summed E-state index contributed by atoms with van der Waals surface area (Å²) >= 11 is 7.24. The molecule has 0 aliphatic heterocycles. The third-order valence-corrected chi connectivity index (χ3v) is 4.64. The van der Waals surface area contributed by atoms with Gasteiger partial charge in [-0.05, 0) is 84.0 Å². The maximum atomic E-state index is 11.1. The van der Waals surface area contributed by atoms with E-state index in [1.165, 1.54) is 0 Å². The van der Waals surface area contributed by atoms with Gasteiger partial charge in [0.25, 0.3) is 0 Å². The van der Waals surface area contributed by atoms with Gasteiger partial charge in [-0.25, -0.2) is 4.79 Å². The van der Waals surface area contributed by atoms with Crippen LogP contribution in [-0.4, -0.2) is 35.6 Å². The average Bonchev–Trinajstić information content (AvgIpc) is 2.68. The Labute approximate surface area is 188 Å². The highest BCUT2D eigenvalue weighted by Crippen LogP contribution is 2.34. The van der Waals surface area contributed by atoms with Crippen LogP contribution < -0.4 is 20.2 Å². The van der Waals surface area contributed by atoms with E-state index in [2.05, 4.69) is 38.4 Å². The van der Waals surface area contributed by atoms with Gasteiger partial charge in [-0.3, -0.25) is 5.43 Å². The first-order valence-corrected chi connectivity index (χ1v) is 10.4. The molecule has 0 fully saturated rings. The number of hydrazone groups is 1. The summed E-state index contributed by atoms with van der Waals surface area (Å²) < 4.78 is 12.5. The molecule has 0 unspecified atom stereocenters. The van der Waals surface area contributed by atoms with Gasteiger partial charge in [-0.1, -0.05) is 12.1 Å². The van der Waals surface area contributed by atoms with E-state index in [4.69, 9.17) is 26.8 Å². The number of rotatable bonds is 9. The SMILES string of the molecule is CCNC(=S)N/N=C\c1cc(I)c(OCc2cccc(C(=O)O)c2)c(OCC)c1. The van der Waals surface area contributed by atoms with E-state index in [9.17, 15) is 4.79 Å². The molecule has 0 aromatic heterocycles. The lowest BCUT2D eigenvalue weighted by Crippen LogP contribution is -2.31. The van der Waals surface area contributed by atoms with Crippen molar-refractivity contribution >= 4 is 52.1 Å². The molecule has 0 bridgehead atoms. The van der Waals surface area contributed by atoms with Gasteiger partial charge in [0, 0.05) is 6.54 Å². The minimum Gasteiger partial charge on any atom is -0.490 e. The van der Waals surface area contributed by atoms with E-state index in [1.807, 2.05) is 32.0 Å². The van der Waals surface area contributed by atoms with Gasteiger partial charge < -0.3 is 19.9 Å². The molecule has 0 saturated heterocycles. The molecule has 0 aliphatic carbocycles. The number of ether oxygens (including phenoxy) is 2. The molecule has 29 heavy (non-hydrogen) atoms. The highest BCUT2D eigenvalue weighted by molar-refractivity contribution is 14.1. The van der Waals surface area contributed by atoms with Gasteiger partial charge in [0.1, 0.15) is 6.61 Å². The van der Waals surface area contributed by atoms with Crippen LogP contribution in [0.3, 0.4) is 0 Å². The van der Waals surface area contributed by atoms with Crippen LogP contribution in [0.25, 0.3) is 0 Å². The molecule has 0 atom stereocenters. The third-order valence-electron chi connectivity index (χ3n) is 3.61. The number of benzene rings is 2. The second-order valence-corrected chi connectivity index (χ2v) is 7.36. The quantitative estimate of drug-likeness (QED) is 0.198. The van der Waals surface area contributed by atoms with Crippen molar-refractivity contribution in [2.45, 2.75) is 20.5 Å². The van der Waals surface area contributed by atoms with Crippen LogP contribution in [0.15, 0.2) is 41.5 Å². The van der Waals surface area contributed by atoms with Crippen molar-refractivity contribution in [3.63, 3.8) is 0 Å². The van der Waals surface area contributed by atoms with Crippen molar-refractivity contribution in [1.82, 2.24) is 10.7 Å². The molecular formula is C20H22IN3O4S. The minimum atomic E-state index is -0.970. The predicted octanol–water partition coefficient (Wildman–Crippen LogP) is 3.79. The number of hydrogen-bond acceptors (Lipinski definition) is 5. The Balaban J connectivity index is 2.17. The highest BCUT2D eigenvalue weighted by Gasteiger charge is 2.13. The molecule has 3 N–H and O–H groups in total. The molecule has 0 spiro atoms. The fraction of sp³-hybridized carbons (Fsp3) is 0.250. The lowest BCUT2D eigenvalue weighted by Gasteiger charge is -2.15. The van der Waals surface area contributed by atoms with E-state index >= 15 is 0 Å².